The van der Waals surface area contributed by atoms with E-state index >= 15 is 0 Å². The molecule has 1 aromatic rings. The van der Waals surface area contributed by atoms with Crippen molar-refractivity contribution >= 4 is 17.3 Å². The molecule has 1 aromatic heterocycles. The van der Waals surface area contributed by atoms with Crippen molar-refractivity contribution < 1.29 is 9.90 Å². The Hall–Kier alpha value is -0.940. The van der Waals surface area contributed by atoms with Crippen LogP contribution in [0.4, 0.5) is 0 Å². The van der Waals surface area contributed by atoms with E-state index in [1.165, 1.54) is 4.88 Å². The molecule has 0 saturated heterocycles. The third kappa shape index (κ3) is 2.10. The second kappa shape index (κ2) is 4.51. The number of carboxylic acid groups (broad SMARTS) is 1. The van der Waals surface area contributed by atoms with Crippen LogP contribution in [0, 0.1) is 12.8 Å². The lowest BCUT2D eigenvalue weighted by Crippen LogP contribution is -2.48. The highest BCUT2D eigenvalue weighted by molar-refractivity contribution is 7.09. The van der Waals surface area contributed by atoms with E-state index in [1.54, 1.807) is 11.3 Å². The molecule has 88 valence electrons. The van der Waals surface area contributed by atoms with Crippen LogP contribution < -0.4 is 0 Å². The molecule has 0 spiro atoms. The van der Waals surface area contributed by atoms with Crippen molar-refractivity contribution in [3.63, 3.8) is 0 Å². The summed E-state index contributed by atoms with van der Waals surface area (Å²) in [4.78, 5) is 18.5. The highest BCUT2D eigenvalue weighted by Crippen LogP contribution is 2.32. The molecule has 16 heavy (non-hydrogen) atoms. The summed E-state index contributed by atoms with van der Waals surface area (Å²) in [5.41, 5.74) is 2.90. The fourth-order valence-corrected chi connectivity index (χ4v) is 2.96. The zero-order valence-corrected chi connectivity index (χ0v) is 10.3. The number of nitrogens with zero attached hydrogens (tertiary/aromatic N) is 2. The predicted octanol–water partition coefficient (Wildman–Crippen LogP) is 1.75. The number of carboxylic acids is 1. The van der Waals surface area contributed by atoms with Gasteiger partial charge in [0.25, 0.3) is 0 Å². The highest BCUT2D eigenvalue weighted by Gasteiger charge is 2.39. The minimum Gasteiger partial charge on any atom is -0.481 e. The summed E-state index contributed by atoms with van der Waals surface area (Å²) >= 11 is 1.64. The molecule has 0 bridgehead atoms. The fourth-order valence-electron chi connectivity index (χ4n) is 2.12. The standard InChI is InChI=1S/C11H16N2O2S/c1-7-10(16-6-12-7)5-13(2)9-4-3-8(9)11(14)15/h6,8-9H,3-5H2,1-2H3,(H,14,15). The van der Waals surface area contributed by atoms with Crippen LogP contribution in [-0.4, -0.2) is 34.0 Å². The Labute approximate surface area is 98.9 Å². The van der Waals surface area contributed by atoms with Crippen molar-refractivity contribution in [2.45, 2.75) is 32.4 Å². The highest BCUT2D eigenvalue weighted by atomic mass is 32.1. The summed E-state index contributed by atoms with van der Waals surface area (Å²) in [7, 11) is 2.00. The molecule has 1 N–H and O–H groups in total. The summed E-state index contributed by atoms with van der Waals surface area (Å²) in [6, 6.07) is 0.194. The number of rotatable bonds is 4. The Morgan fingerprint density at radius 3 is 2.88 bits per heavy atom. The Morgan fingerprint density at radius 1 is 1.69 bits per heavy atom. The van der Waals surface area contributed by atoms with Crippen LogP contribution in [0.25, 0.3) is 0 Å². The lowest BCUT2D eigenvalue weighted by Gasteiger charge is -2.40. The molecule has 0 aliphatic heterocycles. The van der Waals surface area contributed by atoms with Gasteiger partial charge in [0.05, 0.1) is 17.1 Å². The van der Waals surface area contributed by atoms with Crippen molar-refractivity contribution in [1.82, 2.24) is 9.88 Å². The SMILES string of the molecule is Cc1ncsc1CN(C)C1CCC1C(=O)O. The first-order chi connectivity index (χ1) is 7.59. The molecule has 0 radical (unpaired) electrons. The zero-order valence-electron chi connectivity index (χ0n) is 9.51. The molecule has 2 atom stereocenters. The first kappa shape index (κ1) is 11.5. The summed E-state index contributed by atoms with van der Waals surface area (Å²) in [5.74, 6) is -0.845. The number of thiazole rings is 1. The van der Waals surface area contributed by atoms with E-state index in [-0.39, 0.29) is 12.0 Å². The Kier molecular flexibility index (Phi) is 3.25. The summed E-state index contributed by atoms with van der Waals surface area (Å²) < 4.78 is 0. The number of hydrogen-bond acceptors (Lipinski definition) is 4. The Morgan fingerprint density at radius 2 is 2.44 bits per heavy atom. The van der Waals surface area contributed by atoms with Gasteiger partial charge in [0.2, 0.25) is 0 Å². The Bertz CT molecular complexity index is 391. The van der Waals surface area contributed by atoms with Crippen molar-refractivity contribution in [2.24, 2.45) is 5.92 Å². The quantitative estimate of drug-likeness (QED) is 0.871. The molecule has 1 heterocycles. The predicted molar refractivity (Wildman–Crippen MR) is 62.5 cm³/mol. The second-order valence-electron chi connectivity index (χ2n) is 4.37. The average molecular weight is 240 g/mol. The molecule has 1 aliphatic rings. The van der Waals surface area contributed by atoms with Crippen LogP contribution in [0.1, 0.15) is 23.4 Å². The maximum Gasteiger partial charge on any atom is 0.308 e. The van der Waals surface area contributed by atoms with E-state index in [2.05, 4.69) is 9.88 Å². The fraction of sp³-hybridized carbons (Fsp3) is 0.636. The van der Waals surface area contributed by atoms with Gasteiger partial charge in [0, 0.05) is 17.5 Å². The monoisotopic (exact) mass is 240 g/mol. The van der Waals surface area contributed by atoms with Gasteiger partial charge in [-0.05, 0) is 26.8 Å². The maximum atomic E-state index is 10.9. The van der Waals surface area contributed by atoms with E-state index in [4.69, 9.17) is 5.11 Å². The maximum absolute atomic E-state index is 10.9. The minimum atomic E-state index is -0.663. The van der Waals surface area contributed by atoms with E-state index in [0.717, 1.165) is 25.1 Å². The van der Waals surface area contributed by atoms with Crippen molar-refractivity contribution in [3.8, 4) is 0 Å². The average Bonchev–Trinajstić information content (AvgIpc) is 2.48. The molecular weight excluding hydrogens is 224 g/mol. The van der Waals surface area contributed by atoms with Crippen LogP contribution in [-0.2, 0) is 11.3 Å². The van der Waals surface area contributed by atoms with E-state index < -0.39 is 5.97 Å². The van der Waals surface area contributed by atoms with Gasteiger partial charge in [0.1, 0.15) is 0 Å². The normalized spacial score (nSPS) is 24.4. The molecule has 1 fully saturated rings. The van der Waals surface area contributed by atoms with Gasteiger partial charge in [-0.25, -0.2) is 4.98 Å². The van der Waals surface area contributed by atoms with Crippen molar-refractivity contribution in [3.05, 3.63) is 16.1 Å². The van der Waals surface area contributed by atoms with Gasteiger partial charge in [-0.3, -0.25) is 9.69 Å². The molecule has 1 aliphatic carbocycles. The first-order valence-electron chi connectivity index (χ1n) is 5.41. The number of hydrogen-bond donors (Lipinski definition) is 1. The molecule has 2 unspecified atom stereocenters. The third-order valence-corrected chi connectivity index (χ3v) is 4.28. The van der Waals surface area contributed by atoms with Gasteiger partial charge in [0.15, 0.2) is 0 Å². The number of carbonyl (C=O) groups is 1. The minimum absolute atomic E-state index is 0.182. The third-order valence-electron chi connectivity index (χ3n) is 3.36. The van der Waals surface area contributed by atoms with Crippen molar-refractivity contribution in [1.29, 1.82) is 0 Å². The van der Waals surface area contributed by atoms with E-state index in [1.807, 2.05) is 19.5 Å². The molecule has 0 amide bonds. The number of aromatic nitrogens is 1. The van der Waals surface area contributed by atoms with Gasteiger partial charge < -0.3 is 5.11 Å². The van der Waals surface area contributed by atoms with E-state index in [9.17, 15) is 4.79 Å². The smallest absolute Gasteiger partial charge is 0.308 e. The van der Waals surface area contributed by atoms with Crippen LogP contribution in [0.5, 0.6) is 0 Å². The zero-order chi connectivity index (χ0) is 11.7. The summed E-state index contributed by atoms with van der Waals surface area (Å²) in [6.45, 7) is 2.81. The molecule has 2 rings (SSSR count). The van der Waals surface area contributed by atoms with Gasteiger partial charge >= 0.3 is 5.97 Å². The first-order valence-corrected chi connectivity index (χ1v) is 6.29. The van der Waals surface area contributed by atoms with Crippen LogP contribution in [0.15, 0.2) is 5.51 Å². The molecule has 1 saturated carbocycles. The lowest BCUT2D eigenvalue weighted by atomic mass is 9.78. The largest absolute Gasteiger partial charge is 0.481 e. The number of aryl methyl sites for hydroxylation is 1. The van der Waals surface area contributed by atoms with Crippen molar-refractivity contribution in [2.75, 3.05) is 7.05 Å². The topological polar surface area (TPSA) is 53.4 Å². The number of aliphatic carboxylic acids is 1. The van der Waals surface area contributed by atoms with Crippen LogP contribution >= 0.6 is 11.3 Å². The molecule has 5 heteroatoms. The van der Waals surface area contributed by atoms with Gasteiger partial charge in [-0.2, -0.15) is 0 Å². The van der Waals surface area contributed by atoms with Gasteiger partial charge in [-0.1, -0.05) is 0 Å². The van der Waals surface area contributed by atoms with Crippen LogP contribution in [0.2, 0.25) is 0 Å². The summed E-state index contributed by atoms with van der Waals surface area (Å²) in [5, 5.41) is 9.00. The molecular formula is C11H16N2O2S. The Balaban J connectivity index is 1.96. The molecule has 4 nitrogen and oxygen atoms in total. The van der Waals surface area contributed by atoms with Gasteiger partial charge in [-0.15, -0.1) is 11.3 Å². The van der Waals surface area contributed by atoms with E-state index in [0.29, 0.717) is 0 Å². The second-order valence-corrected chi connectivity index (χ2v) is 5.30. The lowest BCUT2D eigenvalue weighted by molar-refractivity contribution is -0.148. The van der Waals surface area contributed by atoms with Crippen LogP contribution in [0.3, 0.4) is 0 Å². The summed E-state index contributed by atoms with van der Waals surface area (Å²) in [6.07, 6.45) is 1.80. The molecule has 0 aromatic carbocycles.